The molecule has 0 aromatic heterocycles. The molecule has 1 aromatic carbocycles. The fraction of sp³-hybridized carbons (Fsp3) is 0.562. The first-order valence-corrected chi connectivity index (χ1v) is 8.10. The molecule has 3 atom stereocenters. The van der Waals surface area contributed by atoms with Crippen LogP contribution >= 0.6 is 35.6 Å². The molecule has 3 rings (SSSR count). The Hall–Kier alpha value is -0.600. The van der Waals surface area contributed by atoms with Gasteiger partial charge in [0.1, 0.15) is 5.82 Å². The molecule has 2 aliphatic rings. The molecule has 2 saturated heterocycles. The Morgan fingerprint density at radius 2 is 2.26 bits per heavy atom. The van der Waals surface area contributed by atoms with Gasteiger partial charge in [0, 0.05) is 24.2 Å². The van der Waals surface area contributed by atoms with Gasteiger partial charge in [0.15, 0.2) is 5.96 Å². The highest BCUT2D eigenvalue weighted by Gasteiger charge is 2.41. The zero-order valence-corrected chi connectivity index (χ0v) is 16.1. The van der Waals surface area contributed by atoms with Crippen LogP contribution in [0.4, 0.5) is 4.39 Å². The summed E-state index contributed by atoms with van der Waals surface area (Å²) in [4.78, 5) is 4.22. The van der Waals surface area contributed by atoms with E-state index in [1.165, 1.54) is 12.5 Å². The number of ether oxygens (including phenoxy) is 1. The van der Waals surface area contributed by atoms with Crippen molar-refractivity contribution in [2.45, 2.75) is 43.9 Å². The molecule has 23 heavy (non-hydrogen) atoms. The summed E-state index contributed by atoms with van der Waals surface area (Å²) < 4.78 is 19.5. The third-order valence-corrected chi connectivity index (χ3v) is 4.73. The fourth-order valence-electron chi connectivity index (χ4n) is 3.24. The lowest BCUT2D eigenvalue weighted by atomic mass is 9.96. The number of hydrogen-bond acceptors (Lipinski definition) is 2. The standard InChI is InChI=1S/C16H21ClFN3O.HI/c1-19-16(21-14-9-10-5-6-15(14)22-10)20-8-7-11-12(17)3-2-4-13(11)18;/h2-4,10,14-15H,5-9H2,1H3,(H2,19,20,21);1H. The van der Waals surface area contributed by atoms with Crippen molar-refractivity contribution in [3.63, 3.8) is 0 Å². The predicted octanol–water partition coefficient (Wildman–Crippen LogP) is 3.12. The minimum Gasteiger partial charge on any atom is -0.373 e. The molecule has 0 amide bonds. The van der Waals surface area contributed by atoms with Gasteiger partial charge >= 0.3 is 0 Å². The summed E-state index contributed by atoms with van der Waals surface area (Å²) in [6.45, 7) is 0.571. The molecule has 2 bridgehead atoms. The highest BCUT2D eigenvalue weighted by atomic mass is 127. The molecular formula is C16H22ClFIN3O. The van der Waals surface area contributed by atoms with Gasteiger partial charge < -0.3 is 15.4 Å². The second-order valence-electron chi connectivity index (χ2n) is 5.81. The predicted molar refractivity (Wildman–Crippen MR) is 101 cm³/mol. The van der Waals surface area contributed by atoms with Crippen molar-refractivity contribution in [2.24, 2.45) is 4.99 Å². The number of rotatable bonds is 4. The highest BCUT2D eigenvalue weighted by Crippen LogP contribution is 2.34. The Bertz CT molecular complexity index is 552. The molecule has 128 valence electrons. The number of nitrogens with zero attached hydrogens (tertiary/aromatic N) is 1. The van der Waals surface area contributed by atoms with E-state index in [0.717, 1.165) is 18.8 Å². The van der Waals surface area contributed by atoms with Crippen molar-refractivity contribution in [1.29, 1.82) is 0 Å². The van der Waals surface area contributed by atoms with Crippen molar-refractivity contribution < 1.29 is 9.13 Å². The van der Waals surface area contributed by atoms with Gasteiger partial charge in [0.25, 0.3) is 0 Å². The molecule has 2 N–H and O–H groups in total. The summed E-state index contributed by atoms with van der Waals surface area (Å²) in [6.07, 6.45) is 4.52. The van der Waals surface area contributed by atoms with Gasteiger partial charge in [-0.1, -0.05) is 17.7 Å². The Balaban J connectivity index is 0.00000192. The Morgan fingerprint density at radius 3 is 2.87 bits per heavy atom. The van der Waals surface area contributed by atoms with Crippen molar-refractivity contribution in [1.82, 2.24) is 10.6 Å². The van der Waals surface area contributed by atoms with Gasteiger partial charge in [0.2, 0.25) is 0 Å². The first-order chi connectivity index (χ1) is 10.7. The Morgan fingerprint density at radius 1 is 1.43 bits per heavy atom. The maximum absolute atomic E-state index is 13.7. The van der Waals surface area contributed by atoms with E-state index in [4.69, 9.17) is 16.3 Å². The zero-order valence-electron chi connectivity index (χ0n) is 13.0. The molecule has 0 radical (unpaired) electrons. The average molecular weight is 454 g/mol. The van der Waals surface area contributed by atoms with Gasteiger partial charge in [-0.2, -0.15) is 0 Å². The number of benzene rings is 1. The summed E-state index contributed by atoms with van der Waals surface area (Å²) in [5.74, 6) is 0.465. The van der Waals surface area contributed by atoms with E-state index in [-0.39, 0.29) is 29.8 Å². The van der Waals surface area contributed by atoms with E-state index >= 15 is 0 Å². The molecule has 2 heterocycles. The number of halogens is 3. The lowest BCUT2D eigenvalue weighted by Gasteiger charge is -2.22. The van der Waals surface area contributed by atoms with Crippen LogP contribution in [-0.2, 0) is 11.2 Å². The smallest absolute Gasteiger partial charge is 0.191 e. The molecule has 4 nitrogen and oxygen atoms in total. The minimum atomic E-state index is -0.265. The highest BCUT2D eigenvalue weighted by molar-refractivity contribution is 14.0. The molecule has 2 fully saturated rings. The molecule has 7 heteroatoms. The van der Waals surface area contributed by atoms with Crippen LogP contribution in [0.15, 0.2) is 23.2 Å². The normalized spacial score (nSPS) is 26.0. The zero-order chi connectivity index (χ0) is 15.5. The number of hydrogen-bond donors (Lipinski definition) is 2. The minimum absolute atomic E-state index is 0. The van der Waals surface area contributed by atoms with Gasteiger partial charge in [-0.15, -0.1) is 24.0 Å². The van der Waals surface area contributed by atoms with Crippen LogP contribution in [-0.4, -0.2) is 37.8 Å². The quantitative estimate of drug-likeness (QED) is 0.418. The number of fused-ring (bicyclic) bond motifs is 2. The van der Waals surface area contributed by atoms with Crippen LogP contribution < -0.4 is 10.6 Å². The van der Waals surface area contributed by atoms with Crippen LogP contribution in [0.2, 0.25) is 5.02 Å². The van der Waals surface area contributed by atoms with E-state index < -0.39 is 0 Å². The molecule has 2 aliphatic heterocycles. The van der Waals surface area contributed by atoms with Crippen LogP contribution in [0, 0.1) is 5.82 Å². The second kappa shape index (κ2) is 8.48. The number of aliphatic imine (C=N–C) groups is 1. The van der Waals surface area contributed by atoms with Crippen LogP contribution in [0.3, 0.4) is 0 Å². The summed E-state index contributed by atoms with van der Waals surface area (Å²) in [6, 6.07) is 5.08. The summed E-state index contributed by atoms with van der Waals surface area (Å²) in [7, 11) is 1.74. The Kier molecular flexibility index (Phi) is 6.91. The lowest BCUT2D eigenvalue weighted by Crippen LogP contribution is -2.47. The Labute approximate surface area is 158 Å². The SMILES string of the molecule is CN=C(NCCc1c(F)cccc1Cl)NC1CC2CCC1O2.I. The largest absolute Gasteiger partial charge is 0.373 e. The van der Waals surface area contributed by atoms with Crippen molar-refractivity contribution in [2.75, 3.05) is 13.6 Å². The van der Waals surface area contributed by atoms with Crippen molar-refractivity contribution in [3.05, 3.63) is 34.6 Å². The topological polar surface area (TPSA) is 45.7 Å². The van der Waals surface area contributed by atoms with Crippen molar-refractivity contribution in [3.8, 4) is 0 Å². The van der Waals surface area contributed by atoms with Gasteiger partial charge in [-0.3, -0.25) is 4.99 Å². The molecule has 1 aromatic rings. The summed E-state index contributed by atoms with van der Waals surface area (Å²) in [5.41, 5.74) is 0.537. The number of nitrogens with one attached hydrogen (secondary N) is 2. The second-order valence-corrected chi connectivity index (χ2v) is 6.22. The fourth-order valence-corrected chi connectivity index (χ4v) is 3.49. The molecular weight excluding hydrogens is 432 g/mol. The summed E-state index contributed by atoms with van der Waals surface area (Å²) >= 11 is 6.03. The molecule has 0 aliphatic carbocycles. The molecule has 0 spiro atoms. The first-order valence-electron chi connectivity index (χ1n) is 7.73. The molecule has 3 unspecified atom stereocenters. The van der Waals surface area contributed by atoms with E-state index in [9.17, 15) is 4.39 Å². The third-order valence-electron chi connectivity index (χ3n) is 4.38. The van der Waals surface area contributed by atoms with Crippen LogP contribution in [0.1, 0.15) is 24.8 Å². The lowest BCUT2D eigenvalue weighted by molar-refractivity contribution is 0.0992. The van der Waals surface area contributed by atoms with Gasteiger partial charge in [-0.05, 0) is 37.8 Å². The maximum atomic E-state index is 13.7. The number of guanidine groups is 1. The van der Waals surface area contributed by atoms with Gasteiger partial charge in [-0.25, -0.2) is 4.39 Å². The van der Waals surface area contributed by atoms with Crippen LogP contribution in [0.25, 0.3) is 0 Å². The van der Waals surface area contributed by atoms with E-state index in [2.05, 4.69) is 15.6 Å². The van der Waals surface area contributed by atoms with E-state index in [1.807, 2.05) is 0 Å². The maximum Gasteiger partial charge on any atom is 0.191 e. The van der Waals surface area contributed by atoms with Gasteiger partial charge in [0.05, 0.1) is 18.2 Å². The van der Waals surface area contributed by atoms with Crippen molar-refractivity contribution >= 4 is 41.5 Å². The third kappa shape index (κ3) is 4.48. The monoisotopic (exact) mass is 453 g/mol. The average Bonchev–Trinajstić information content (AvgIpc) is 3.11. The summed E-state index contributed by atoms with van der Waals surface area (Å²) in [5, 5.41) is 7.08. The first kappa shape index (κ1) is 18.7. The van der Waals surface area contributed by atoms with E-state index in [1.54, 1.807) is 19.2 Å². The molecule has 0 saturated carbocycles. The van der Waals surface area contributed by atoms with Crippen LogP contribution in [0.5, 0.6) is 0 Å². The van der Waals surface area contributed by atoms with E-state index in [0.29, 0.717) is 41.8 Å².